The SMILES string of the molecule is COc1ccc(C(NC(=O)c2cnn(C)c2C)C(F)F)cc1F. The molecule has 1 unspecified atom stereocenters. The number of halogens is 3. The van der Waals surface area contributed by atoms with Crippen LogP contribution in [0.4, 0.5) is 13.2 Å². The summed E-state index contributed by atoms with van der Waals surface area (Å²) >= 11 is 0. The van der Waals surface area contributed by atoms with Gasteiger partial charge >= 0.3 is 0 Å². The average Bonchev–Trinajstić information content (AvgIpc) is 2.84. The molecule has 1 heterocycles. The molecule has 1 aromatic heterocycles. The molecule has 0 aliphatic heterocycles. The minimum atomic E-state index is -2.90. The van der Waals surface area contributed by atoms with E-state index in [4.69, 9.17) is 4.74 Å². The first kappa shape index (κ1) is 16.9. The normalized spacial score (nSPS) is 12.3. The van der Waals surface area contributed by atoms with Crippen LogP contribution in [-0.4, -0.2) is 29.2 Å². The summed E-state index contributed by atoms with van der Waals surface area (Å²) in [4.78, 5) is 12.2. The Hall–Kier alpha value is -2.51. The smallest absolute Gasteiger partial charge is 0.262 e. The molecular weight excluding hydrogens is 311 g/mol. The maximum Gasteiger partial charge on any atom is 0.262 e. The van der Waals surface area contributed by atoms with E-state index in [2.05, 4.69) is 10.4 Å². The summed E-state index contributed by atoms with van der Waals surface area (Å²) in [5.74, 6) is -1.53. The van der Waals surface area contributed by atoms with E-state index in [-0.39, 0.29) is 16.9 Å². The van der Waals surface area contributed by atoms with Crippen LogP contribution >= 0.6 is 0 Å². The van der Waals surface area contributed by atoms with Crippen molar-refractivity contribution in [3.05, 3.63) is 47.0 Å². The Kier molecular flexibility index (Phi) is 4.92. The summed E-state index contributed by atoms with van der Waals surface area (Å²) < 4.78 is 46.5. The number of nitrogens with zero attached hydrogens (tertiary/aromatic N) is 2. The van der Waals surface area contributed by atoms with Crippen LogP contribution in [0.1, 0.15) is 27.7 Å². The number of hydrogen-bond donors (Lipinski definition) is 1. The summed E-state index contributed by atoms with van der Waals surface area (Å²) in [6.45, 7) is 1.65. The second kappa shape index (κ2) is 6.72. The van der Waals surface area contributed by atoms with Crippen molar-refractivity contribution in [1.82, 2.24) is 15.1 Å². The van der Waals surface area contributed by atoms with Crippen LogP contribution in [-0.2, 0) is 7.05 Å². The molecule has 2 aromatic rings. The Morgan fingerprint density at radius 2 is 2.09 bits per heavy atom. The fourth-order valence-electron chi connectivity index (χ4n) is 2.11. The minimum Gasteiger partial charge on any atom is -0.494 e. The number of rotatable bonds is 5. The van der Waals surface area contributed by atoms with E-state index in [1.807, 2.05) is 0 Å². The molecule has 0 spiro atoms. The van der Waals surface area contributed by atoms with Crippen LogP contribution in [0.15, 0.2) is 24.4 Å². The zero-order valence-corrected chi connectivity index (χ0v) is 12.8. The molecule has 8 heteroatoms. The van der Waals surface area contributed by atoms with E-state index < -0.39 is 24.2 Å². The second-order valence-electron chi connectivity index (χ2n) is 4.95. The third-order valence-electron chi connectivity index (χ3n) is 3.55. The van der Waals surface area contributed by atoms with Crippen molar-refractivity contribution in [3.63, 3.8) is 0 Å². The van der Waals surface area contributed by atoms with E-state index in [1.54, 1.807) is 14.0 Å². The zero-order chi connectivity index (χ0) is 17.1. The van der Waals surface area contributed by atoms with Gasteiger partial charge in [0.1, 0.15) is 6.04 Å². The quantitative estimate of drug-likeness (QED) is 0.918. The lowest BCUT2D eigenvalue weighted by molar-refractivity contribution is 0.0742. The molecule has 1 aromatic carbocycles. The Morgan fingerprint density at radius 1 is 1.39 bits per heavy atom. The number of nitrogens with one attached hydrogen (secondary N) is 1. The number of aromatic nitrogens is 2. The fourth-order valence-corrected chi connectivity index (χ4v) is 2.11. The third-order valence-corrected chi connectivity index (χ3v) is 3.55. The summed E-state index contributed by atoms with van der Waals surface area (Å²) in [5, 5.41) is 6.11. The number of methoxy groups -OCH3 is 1. The molecule has 23 heavy (non-hydrogen) atoms. The van der Waals surface area contributed by atoms with Crippen LogP contribution in [0, 0.1) is 12.7 Å². The van der Waals surface area contributed by atoms with Crippen molar-refractivity contribution in [2.24, 2.45) is 7.05 Å². The number of amides is 1. The lowest BCUT2D eigenvalue weighted by atomic mass is 10.1. The molecule has 2 rings (SSSR count). The summed E-state index contributed by atoms with van der Waals surface area (Å²) in [7, 11) is 2.91. The first-order chi connectivity index (χ1) is 10.8. The van der Waals surface area contributed by atoms with E-state index in [9.17, 15) is 18.0 Å². The largest absolute Gasteiger partial charge is 0.494 e. The lowest BCUT2D eigenvalue weighted by Gasteiger charge is -2.19. The molecule has 0 aliphatic rings. The van der Waals surface area contributed by atoms with Crippen molar-refractivity contribution in [2.75, 3.05) is 7.11 Å². The van der Waals surface area contributed by atoms with Gasteiger partial charge in [0.05, 0.1) is 18.9 Å². The van der Waals surface area contributed by atoms with Crippen LogP contribution in [0.3, 0.4) is 0 Å². The summed E-state index contributed by atoms with van der Waals surface area (Å²) in [6.07, 6.45) is -1.61. The molecule has 0 fully saturated rings. The number of hydrogen-bond acceptors (Lipinski definition) is 3. The van der Waals surface area contributed by atoms with Crippen LogP contribution < -0.4 is 10.1 Å². The van der Waals surface area contributed by atoms with Crippen LogP contribution in [0.25, 0.3) is 0 Å². The molecular formula is C15H16F3N3O2. The number of benzene rings is 1. The Balaban J connectivity index is 2.27. The second-order valence-corrected chi connectivity index (χ2v) is 4.95. The molecule has 0 saturated heterocycles. The Labute approximate surface area is 131 Å². The zero-order valence-electron chi connectivity index (χ0n) is 12.8. The Morgan fingerprint density at radius 3 is 2.57 bits per heavy atom. The van der Waals surface area contributed by atoms with Gasteiger partial charge < -0.3 is 10.1 Å². The summed E-state index contributed by atoms with van der Waals surface area (Å²) in [6, 6.07) is 1.81. The van der Waals surface area contributed by atoms with Gasteiger partial charge in [-0.25, -0.2) is 13.2 Å². The van der Waals surface area contributed by atoms with Gasteiger partial charge in [-0.1, -0.05) is 6.07 Å². The third kappa shape index (κ3) is 3.46. The van der Waals surface area contributed by atoms with Gasteiger partial charge in [0.2, 0.25) is 0 Å². The molecule has 0 saturated carbocycles. The van der Waals surface area contributed by atoms with Crippen LogP contribution in [0.2, 0.25) is 0 Å². The van der Waals surface area contributed by atoms with E-state index >= 15 is 0 Å². The fraction of sp³-hybridized carbons (Fsp3) is 0.333. The number of carbonyl (C=O) groups excluding carboxylic acids is 1. The summed E-state index contributed by atoms with van der Waals surface area (Å²) in [5.41, 5.74) is 0.678. The topological polar surface area (TPSA) is 56.1 Å². The van der Waals surface area contributed by atoms with E-state index in [1.165, 1.54) is 30.1 Å². The molecule has 0 aliphatic carbocycles. The maximum absolute atomic E-state index is 13.7. The van der Waals surface area contributed by atoms with Crippen LogP contribution in [0.5, 0.6) is 5.75 Å². The molecule has 124 valence electrons. The van der Waals surface area contributed by atoms with Crippen molar-refractivity contribution in [2.45, 2.75) is 19.4 Å². The lowest BCUT2D eigenvalue weighted by Crippen LogP contribution is -2.33. The highest BCUT2D eigenvalue weighted by molar-refractivity contribution is 5.95. The molecule has 0 bridgehead atoms. The molecule has 5 nitrogen and oxygen atoms in total. The predicted octanol–water partition coefficient (Wildman–Crippen LogP) is 2.61. The van der Waals surface area contributed by atoms with Gasteiger partial charge in [-0.3, -0.25) is 9.48 Å². The van der Waals surface area contributed by atoms with E-state index in [0.717, 1.165) is 6.07 Å². The minimum absolute atomic E-state index is 0.0480. The Bertz CT molecular complexity index is 716. The monoisotopic (exact) mass is 327 g/mol. The number of alkyl halides is 2. The van der Waals surface area contributed by atoms with Gasteiger partial charge in [0.15, 0.2) is 11.6 Å². The van der Waals surface area contributed by atoms with Crippen molar-refractivity contribution in [3.8, 4) is 5.75 Å². The predicted molar refractivity (Wildman–Crippen MR) is 77.1 cm³/mol. The standard InChI is InChI=1S/C15H16F3N3O2/c1-8-10(7-19-21(8)2)15(22)20-13(14(17)18)9-4-5-12(23-3)11(16)6-9/h4-7,13-14H,1-3H3,(H,20,22). The van der Waals surface area contributed by atoms with Crippen molar-refractivity contribution >= 4 is 5.91 Å². The number of carbonyl (C=O) groups is 1. The molecule has 0 radical (unpaired) electrons. The highest BCUT2D eigenvalue weighted by Gasteiger charge is 2.27. The first-order valence-corrected chi connectivity index (χ1v) is 6.76. The highest BCUT2D eigenvalue weighted by atomic mass is 19.3. The highest BCUT2D eigenvalue weighted by Crippen LogP contribution is 2.26. The molecule has 1 amide bonds. The first-order valence-electron chi connectivity index (χ1n) is 6.76. The van der Waals surface area contributed by atoms with Gasteiger partial charge in [-0.2, -0.15) is 5.10 Å². The number of ether oxygens (including phenoxy) is 1. The van der Waals surface area contributed by atoms with Gasteiger partial charge in [0.25, 0.3) is 12.3 Å². The number of aryl methyl sites for hydroxylation is 1. The van der Waals surface area contributed by atoms with Gasteiger partial charge in [0, 0.05) is 12.7 Å². The van der Waals surface area contributed by atoms with Crippen molar-refractivity contribution in [1.29, 1.82) is 0 Å². The van der Waals surface area contributed by atoms with E-state index in [0.29, 0.717) is 5.69 Å². The molecule has 1 atom stereocenters. The maximum atomic E-state index is 13.7. The van der Waals surface area contributed by atoms with Gasteiger partial charge in [-0.15, -0.1) is 0 Å². The average molecular weight is 327 g/mol. The molecule has 1 N–H and O–H groups in total. The van der Waals surface area contributed by atoms with Gasteiger partial charge in [-0.05, 0) is 24.6 Å². The van der Waals surface area contributed by atoms with Crippen molar-refractivity contribution < 1.29 is 22.7 Å².